The zero-order chi connectivity index (χ0) is 12.9. The Balaban J connectivity index is 2.36. The first-order chi connectivity index (χ1) is 7.97. The second-order valence-corrected chi connectivity index (χ2v) is 6.58. The van der Waals surface area contributed by atoms with E-state index in [1.54, 1.807) is 0 Å². The van der Waals surface area contributed by atoms with E-state index in [1.807, 2.05) is 7.11 Å². The van der Waals surface area contributed by atoms with Gasteiger partial charge in [0.1, 0.15) is 0 Å². The molecule has 0 atom stereocenters. The minimum atomic E-state index is 0.159. The Morgan fingerprint density at radius 1 is 1.06 bits per heavy atom. The van der Waals surface area contributed by atoms with Crippen molar-refractivity contribution in [2.45, 2.75) is 71.4 Å². The molecular weight excluding hydrogens is 210 g/mol. The van der Waals surface area contributed by atoms with Gasteiger partial charge in [0.15, 0.2) is 0 Å². The van der Waals surface area contributed by atoms with Gasteiger partial charge < -0.3 is 10.1 Å². The molecule has 0 aromatic rings. The number of hydrogen-bond donors (Lipinski definition) is 1. The van der Waals surface area contributed by atoms with E-state index in [0.29, 0.717) is 6.04 Å². The van der Waals surface area contributed by atoms with Crippen LogP contribution in [-0.4, -0.2) is 25.3 Å². The van der Waals surface area contributed by atoms with Gasteiger partial charge >= 0.3 is 0 Å². The molecule has 0 aromatic carbocycles. The van der Waals surface area contributed by atoms with Crippen LogP contribution >= 0.6 is 0 Å². The van der Waals surface area contributed by atoms with E-state index in [9.17, 15) is 0 Å². The van der Waals surface area contributed by atoms with Crippen molar-refractivity contribution in [3.63, 3.8) is 0 Å². The molecule has 0 unspecified atom stereocenters. The van der Waals surface area contributed by atoms with Gasteiger partial charge in [0.25, 0.3) is 0 Å². The maximum absolute atomic E-state index is 5.67. The summed E-state index contributed by atoms with van der Waals surface area (Å²) < 4.78 is 5.67. The van der Waals surface area contributed by atoms with Crippen molar-refractivity contribution in [2.75, 3.05) is 13.7 Å². The molecule has 0 saturated heterocycles. The highest BCUT2D eigenvalue weighted by molar-refractivity contribution is 4.92. The van der Waals surface area contributed by atoms with E-state index >= 15 is 0 Å². The van der Waals surface area contributed by atoms with Gasteiger partial charge in [0.2, 0.25) is 0 Å². The van der Waals surface area contributed by atoms with Gasteiger partial charge in [-0.05, 0) is 43.9 Å². The van der Waals surface area contributed by atoms with Crippen molar-refractivity contribution in [3.05, 3.63) is 0 Å². The quantitative estimate of drug-likeness (QED) is 0.701. The number of rotatable bonds is 8. The smallest absolute Gasteiger partial charge is 0.0802 e. The van der Waals surface area contributed by atoms with Crippen LogP contribution in [0.15, 0.2) is 0 Å². The van der Waals surface area contributed by atoms with E-state index in [-0.39, 0.29) is 5.60 Å². The molecule has 0 aromatic heterocycles. The second-order valence-electron chi connectivity index (χ2n) is 6.58. The van der Waals surface area contributed by atoms with Gasteiger partial charge in [-0.2, -0.15) is 0 Å². The van der Waals surface area contributed by atoms with Crippen LogP contribution in [0.2, 0.25) is 0 Å². The largest absolute Gasteiger partial charge is 0.377 e. The molecular formula is C15H31NO. The summed E-state index contributed by atoms with van der Waals surface area (Å²) in [4.78, 5) is 0. The van der Waals surface area contributed by atoms with Crippen molar-refractivity contribution < 1.29 is 4.74 Å². The Hall–Kier alpha value is -0.0800. The van der Waals surface area contributed by atoms with Gasteiger partial charge in [0.05, 0.1) is 5.60 Å². The Kier molecular flexibility index (Phi) is 5.94. The van der Waals surface area contributed by atoms with Crippen LogP contribution in [0.3, 0.4) is 0 Å². The van der Waals surface area contributed by atoms with Crippen LogP contribution in [0.25, 0.3) is 0 Å². The number of hydrogen-bond acceptors (Lipinski definition) is 2. The molecule has 0 spiro atoms. The Morgan fingerprint density at radius 3 is 1.88 bits per heavy atom. The third-order valence-electron chi connectivity index (χ3n) is 3.92. The lowest BCUT2D eigenvalue weighted by Gasteiger charge is -2.42. The van der Waals surface area contributed by atoms with E-state index in [4.69, 9.17) is 4.74 Å². The van der Waals surface area contributed by atoms with E-state index in [1.165, 1.54) is 32.1 Å². The van der Waals surface area contributed by atoms with Crippen molar-refractivity contribution in [1.82, 2.24) is 5.32 Å². The van der Waals surface area contributed by atoms with E-state index in [2.05, 4.69) is 33.0 Å². The topological polar surface area (TPSA) is 21.3 Å². The molecule has 1 N–H and O–H groups in total. The average Bonchev–Trinajstić information content (AvgIpc) is 2.14. The van der Waals surface area contributed by atoms with Crippen molar-refractivity contribution >= 4 is 0 Å². The predicted octanol–water partition coefficient (Wildman–Crippen LogP) is 3.61. The standard InChI is InChI=1S/C15H31NO/c1-12(2)9-14(10-13(3)4)16-11-15(17-5)7-6-8-15/h12-14,16H,6-11H2,1-5H3. The fraction of sp³-hybridized carbons (Fsp3) is 1.00. The van der Waals surface area contributed by atoms with Crippen molar-refractivity contribution in [2.24, 2.45) is 11.8 Å². The monoisotopic (exact) mass is 241 g/mol. The molecule has 0 amide bonds. The first-order valence-electron chi connectivity index (χ1n) is 7.26. The van der Waals surface area contributed by atoms with Gasteiger partial charge in [-0.15, -0.1) is 0 Å². The molecule has 1 fully saturated rings. The minimum absolute atomic E-state index is 0.159. The summed E-state index contributed by atoms with van der Waals surface area (Å²) in [5, 5.41) is 3.75. The molecule has 0 bridgehead atoms. The van der Waals surface area contributed by atoms with Crippen LogP contribution in [0, 0.1) is 11.8 Å². The highest BCUT2D eigenvalue weighted by atomic mass is 16.5. The summed E-state index contributed by atoms with van der Waals surface area (Å²) in [5.41, 5.74) is 0.159. The summed E-state index contributed by atoms with van der Waals surface area (Å²) in [5.74, 6) is 1.54. The summed E-state index contributed by atoms with van der Waals surface area (Å²) in [6.45, 7) is 10.3. The molecule has 2 heteroatoms. The summed E-state index contributed by atoms with van der Waals surface area (Å²) in [6.07, 6.45) is 6.34. The van der Waals surface area contributed by atoms with Crippen LogP contribution < -0.4 is 5.32 Å². The first-order valence-corrected chi connectivity index (χ1v) is 7.26. The van der Waals surface area contributed by atoms with E-state index < -0.39 is 0 Å². The zero-order valence-electron chi connectivity index (χ0n) is 12.4. The lowest BCUT2D eigenvalue weighted by atomic mass is 9.79. The average molecular weight is 241 g/mol. The van der Waals surface area contributed by atoms with E-state index in [0.717, 1.165) is 18.4 Å². The summed E-state index contributed by atoms with van der Waals surface area (Å²) >= 11 is 0. The lowest BCUT2D eigenvalue weighted by Crippen LogP contribution is -2.50. The van der Waals surface area contributed by atoms with Gasteiger partial charge in [-0.3, -0.25) is 0 Å². The summed E-state index contributed by atoms with van der Waals surface area (Å²) in [7, 11) is 1.86. The maximum Gasteiger partial charge on any atom is 0.0802 e. The molecule has 1 rings (SSSR count). The van der Waals surface area contributed by atoms with Crippen molar-refractivity contribution in [1.29, 1.82) is 0 Å². The second kappa shape index (κ2) is 6.75. The number of nitrogens with one attached hydrogen (secondary N) is 1. The zero-order valence-corrected chi connectivity index (χ0v) is 12.4. The molecule has 2 nitrogen and oxygen atoms in total. The van der Waals surface area contributed by atoms with Gasteiger partial charge in [-0.25, -0.2) is 0 Å². The molecule has 102 valence electrons. The third-order valence-corrected chi connectivity index (χ3v) is 3.92. The molecule has 1 aliphatic carbocycles. The fourth-order valence-electron chi connectivity index (χ4n) is 2.76. The first kappa shape index (κ1) is 15.0. The summed E-state index contributed by atoms with van der Waals surface area (Å²) in [6, 6.07) is 0.655. The lowest BCUT2D eigenvalue weighted by molar-refractivity contribution is -0.0714. The van der Waals surface area contributed by atoms with Crippen LogP contribution in [-0.2, 0) is 4.74 Å². The van der Waals surface area contributed by atoms with Crippen molar-refractivity contribution in [3.8, 4) is 0 Å². The highest BCUT2D eigenvalue weighted by Crippen LogP contribution is 2.34. The SMILES string of the molecule is COC1(CNC(CC(C)C)CC(C)C)CCC1. The van der Waals surface area contributed by atoms with Crippen LogP contribution in [0.5, 0.6) is 0 Å². The molecule has 17 heavy (non-hydrogen) atoms. The number of methoxy groups -OCH3 is 1. The molecule has 1 saturated carbocycles. The molecule has 0 heterocycles. The molecule has 1 aliphatic rings. The van der Waals surface area contributed by atoms with Crippen LogP contribution in [0.4, 0.5) is 0 Å². The molecule has 0 radical (unpaired) electrons. The molecule has 0 aliphatic heterocycles. The maximum atomic E-state index is 5.67. The van der Waals surface area contributed by atoms with Gasteiger partial charge in [-0.1, -0.05) is 27.7 Å². The Morgan fingerprint density at radius 2 is 1.59 bits per heavy atom. The van der Waals surface area contributed by atoms with Crippen LogP contribution in [0.1, 0.15) is 59.8 Å². The minimum Gasteiger partial charge on any atom is -0.377 e. The number of ether oxygens (including phenoxy) is 1. The normalized spacial score (nSPS) is 19.1. The van der Waals surface area contributed by atoms with Gasteiger partial charge in [0, 0.05) is 19.7 Å². The fourth-order valence-corrected chi connectivity index (χ4v) is 2.76. The predicted molar refractivity (Wildman–Crippen MR) is 74.3 cm³/mol. The Bertz CT molecular complexity index is 193. The third kappa shape index (κ3) is 4.97. The Labute approximate surface area is 108 Å². The highest BCUT2D eigenvalue weighted by Gasteiger charge is 2.37.